The molecule has 1 aromatic heterocycles. The summed E-state index contributed by atoms with van der Waals surface area (Å²) in [4.78, 5) is 23.9. The average Bonchev–Trinajstić information content (AvgIpc) is 2.72. The van der Waals surface area contributed by atoms with E-state index < -0.39 is 17.5 Å². The first kappa shape index (κ1) is 20.9. The Labute approximate surface area is 171 Å². The molecule has 0 saturated carbocycles. The van der Waals surface area contributed by atoms with Crippen molar-refractivity contribution in [2.24, 2.45) is 7.05 Å². The van der Waals surface area contributed by atoms with Crippen LogP contribution in [-0.4, -0.2) is 15.7 Å². The number of anilines is 1. The summed E-state index contributed by atoms with van der Waals surface area (Å²) in [5, 5.41) is 6.90. The van der Waals surface area contributed by atoms with E-state index in [0.717, 1.165) is 12.1 Å². The Hall–Kier alpha value is -3.81. The average molecular weight is 411 g/mol. The first-order valence-electron chi connectivity index (χ1n) is 9.10. The topological polar surface area (TPSA) is 73.2 Å². The Morgan fingerprint density at radius 1 is 1.20 bits per heavy atom. The van der Waals surface area contributed by atoms with Gasteiger partial charge in [0.05, 0.1) is 5.69 Å². The third-order valence-electron chi connectivity index (χ3n) is 4.34. The van der Waals surface area contributed by atoms with Crippen molar-refractivity contribution in [1.29, 1.82) is 0 Å². The lowest BCUT2D eigenvalue weighted by molar-refractivity contribution is -0.111. The van der Waals surface area contributed by atoms with Crippen molar-refractivity contribution in [3.05, 3.63) is 82.7 Å². The van der Waals surface area contributed by atoms with Crippen LogP contribution in [0.2, 0.25) is 0 Å². The van der Waals surface area contributed by atoms with Gasteiger partial charge in [-0.15, -0.1) is 0 Å². The summed E-state index contributed by atoms with van der Waals surface area (Å²) in [6.07, 6.45) is 1.61. The lowest BCUT2D eigenvalue weighted by atomic mass is 10.1. The van der Waals surface area contributed by atoms with Crippen LogP contribution in [0.4, 0.5) is 14.5 Å². The second-order valence-corrected chi connectivity index (χ2v) is 6.42. The monoisotopic (exact) mass is 411 g/mol. The molecule has 8 heteroatoms. The number of aryl methyl sites for hydroxylation is 2. The molecule has 0 aliphatic rings. The molecule has 1 N–H and O–H groups in total. The molecule has 1 amide bonds. The van der Waals surface area contributed by atoms with Crippen molar-refractivity contribution in [3.8, 4) is 22.8 Å². The predicted octanol–water partition coefficient (Wildman–Crippen LogP) is 4.20. The quantitative estimate of drug-likeness (QED) is 0.617. The number of nitrogens with one attached hydrogen (secondary N) is 1. The molecule has 0 radical (unpaired) electrons. The molecule has 30 heavy (non-hydrogen) atoms. The Kier molecular flexibility index (Phi) is 6.06. The highest BCUT2D eigenvalue weighted by molar-refractivity contribution is 5.99. The summed E-state index contributed by atoms with van der Waals surface area (Å²) < 4.78 is 34.2. The molecule has 0 saturated heterocycles. The number of carbonyl (C=O) groups excluding carboxylic acids is 1. The van der Waals surface area contributed by atoms with Gasteiger partial charge in [-0.3, -0.25) is 9.59 Å². The van der Waals surface area contributed by atoms with E-state index in [9.17, 15) is 18.4 Å². The summed E-state index contributed by atoms with van der Waals surface area (Å²) in [5.74, 6) is -1.98. The zero-order valence-corrected chi connectivity index (χ0v) is 16.4. The summed E-state index contributed by atoms with van der Waals surface area (Å²) >= 11 is 0. The fourth-order valence-electron chi connectivity index (χ4n) is 2.82. The Balaban J connectivity index is 2.15. The Morgan fingerprint density at radius 2 is 1.93 bits per heavy atom. The molecule has 2 aromatic carbocycles. The minimum atomic E-state index is -0.868. The predicted molar refractivity (Wildman–Crippen MR) is 110 cm³/mol. The van der Waals surface area contributed by atoms with E-state index in [1.807, 2.05) is 6.92 Å². The third-order valence-corrected chi connectivity index (χ3v) is 4.34. The molecule has 3 rings (SSSR count). The largest absolute Gasteiger partial charge is 0.454 e. The SMILES string of the molecule is C=CC(=O)Nc1ccc(Oc2ccc(F)cc2F)c(-c2cc(CC)c(=O)n(C)n2)c1. The highest BCUT2D eigenvalue weighted by Crippen LogP contribution is 2.35. The molecule has 1 heterocycles. The summed E-state index contributed by atoms with van der Waals surface area (Å²) in [5.41, 5.74) is 1.52. The minimum Gasteiger partial charge on any atom is -0.454 e. The Bertz CT molecular complexity index is 1190. The second kappa shape index (κ2) is 8.69. The van der Waals surface area contributed by atoms with Gasteiger partial charge < -0.3 is 10.1 Å². The second-order valence-electron chi connectivity index (χ2n) is 6.42. The summed E-state index contributed by atoms with van der Waals surface area (Å²) in [7, 11) is 1.52. The zero-order chi connectivity index (χ0) is 21.8. The van der Waals surface area contributed by atoms with Gasteiger partial charge in [0.25, 0.3) is 5.56 Å². The number of halogens is 2. The molecule has 6 nitrogen and oxygen atoms in total. The van der Waals surface area contributed by atoms with Crippen molar-refractivity contribution < 1.29 is 18.3 Å². The maximum atomic E-state index is 14.1. The van der Waals surface area contributed by atoms with Crippen molar-refractivity contribution in [1.82, 2.24) is 9.78 Å². The molecule has 0 fully saturated rings. The van der Waals surface area contributed by atoms with Crippen molar-refractivity contribution >= 4 is 11.6 Å². The summed E-state index contributed by atoms with van der Waals surface area (Å²) in [6, 6.07) is 9.26. The van der Waals surface area contributed by atoms with Crippen LogP contribution in [0, 0.1) is 11.6 Å². The molecule has 0 aliphatic carbocycles. The van der Waals surface area contributed by atoms with Gasteiger partial charge in [-0.2, -0.15) is 5.10 Å². The molecular weight excluding hydrogens is 392 g/mol. The maximum absolute atomic E-state index is 14.1. The van der Waals surface area contributed by atoms with E-state index in [0.29, 0.717) is 35.0 Å². The minimum absolute atomic E-state index is 0.180. The van der Waals surface area contributed by atoms with Crippen LogP contribution >= 0.6 is 0 Å². The first-order chi connectivity index (χ1) is 14.3. The molecular formula is C22H19F2N3O3. The number of hydrogen-bond donors (Lipinski definition) is 1. The van der Waals surface area contributed by atoms with Gasteiger partial charge in [-0.1, -0.05) is 13.5 Å². The molecule has 0 atom stereocenters. The van der Waals surface area contributed by atoms with Gasteiger partial charge >= 0.3 is 0 Å². The number of amides is 1. The summed E-state index contributed by atoms with van der Waals surface area (Å²) in [6.45, 7) is 5.25. The first-order valence-corrected chi connectivity index (χ1v) is 9.10. The van der Waals surface area contributed by atoms with E-state index in [2.05, 4.69) is 17.0 Å². The van der Waals surface area contributed by atoms with Crippen LogP contribution in [0.1, 0.15) is 12.5 Å². The number of hydrogen-bond acceptors (Lipinski definition) is 4. The fourth-order valence-corrected chi connectivity index (χ4v) is 2.82. The van der Waals surface area contributed by atoms with E-state index in [4.69, 9.17) is 4.74 Å². The normalized spacial score (nSPS) is 10.5. The molecule has 0 unspecified atom stereocenters. The van der Waals surface area contributed by atoms with Crippen LogP contribution in [0.15, 0.2) is 59.9 Å². The van der Waals surface area contributed by atoms with Crippen molar-refractivity contribution in [3.63, 3.8) is 0 Å². The lowest BCUT2D eigenvalue weighted by Crippen LogP contribution is -2.23. The zero-order valence-electron chi connectivity index (χ0n) is 16.4. The number of carbonyl (C=O) groups is 1. The fraction of sp³-hybridized carbons (Fsp3) is 0.136. The highest BCUT2D eigenvalue weighted by atomic mass is 19.1. The number of nitrogens with zero attached hydrogens (tertiary/aromatic N) is 2. The van der Waals surface area contributed by atoms with E-state index in [1.54, 1.807) is 18.2 Å². The lowest BCUT2D eigenvalue weighted by Gasteiger charge is -2.14. The maximum Gasteiger partial charge on any atom is 0.269 e. The number of ether oxygens (including phenoxy) is 1. The number of benzene rings is 2. The van der Waals surface area contributed by atoms with Crippen molar-refractivity contribution in [2.45, 2.75) is 13.3 Å². The van der Waals surface area contributed by atoms with Crippen LogP contribution in [0.5, 0.6) is 11.5 Å². The standard InChI is InChI=1S/C22H19F2N3O3/c1-4-13-10-18(26-27(3)22(13)29)16-12-15(25-21(28)5-2)7-9-19(16)30-20-8-6-14(23)11-17(20)24/h5-12H,2,4H2,1,3H3,(H,25,28). The van der Waals surface area contributed by atoms with E-state index in [1.165, 1.54) is 23.9 Å². The molecule has 154 valence electrons. The smallest absolute Gasteiger partial charge is 0.269 e. The van der Waals surface area contributed by atoms with Gasteiger partial charge in [0.1, 0.15) is 11.6 Å². The van der Waals surface area contributed by atoms with Gasteiger partial charge in [0, 0.05) is 29.9 Å². The molecule has 0 spiro atoms. The van der Waals surface area contributed by atoms with E-state index >= 15 is 0 Å². The van der Waals surface area contributed by atoms with Crippen LogP contribution in [0.25, 0.3) is 11.3 Å². The van der Waals surface area contributed by atoms with Crippen LogP contribution in [-0.2, 0) is 18.3 Å². The Morgan fingerprint density at radius 3 is 2.60 bits per heavy atom. The highest BCUT2D eigenvalue weighted by Gasteiger charge is 2.16. The van der Waals surface area contributed by atoms with Gasteiger partial charge in [-0.25, -0.2) is 13.5 Å². The van der Waals surface area contributed by atoms with Gasteiger partial charge in [0.15, 0.2) is 11.6 Å². The molecule has 3 aromatic rings. The number of rotatable bonds is 6. The van der Waals surface area contributed by atoms with E-state index in [-0.39, 0.29) is 17.1 Å². The molecule has 0 bridgehead atoms. The van der Waals surface area contributed by atoms with Crippen LogP contribution in [0.3, 0.4) is 0 Å². The van der Waals surface area contributed by atoms with Gasteiger partial charge in [-0.05, 0) is 48.9 Å². The molecule has 0 aliphatic heterocycles. The van der Waals surface area contributed by atoms with Crippen molar-refractivity contribution in [2.75, 3.05) is 5.32 Å². The number of aromatic nitrogens is 2. The third kappa shape index (κ3) is 4.43. The van der Waals surface area contributed by atoms with Crippen LogP contribution < -0.4 is 15.6 Å². The van der Waals surface area contributed by atoms with Gasteiger partial charge in [0.2, 0.25) is 5.91 Å².